The van der Waals surface area contributed by atoms with Gasteiger partial charge >= 0.3 is 5.97 Å². The Morgan fingerprint density at radius 3 is 2.89 bits per heavy atom. The molecule has 1 N–H and O–H groups in total. The quantitative estimate of drug-likeness (QED) is 0.838. The lowest BCUT2D eigenvalue weighted by Gasteiger charge is -2.26. The largest absolute Gasteiger partial charge is 0.477 e. The minimum absolute atomic E-state index is 0.403. The zero-order valence-electron chi connectivity index (χ0n) is 10.0. The molecule has 0 amide bonds. The lowest BCUT2D eigenvalue weighted by molar-refractivity contribution is -0.174. The van der Waals surface area contributed by atoms with Crippen LogP contribution < -0.4 is 4.74 Å². The van der Waals surface area contributed by atoms with Gasteiger partial charge in [0.25, 0.3) is 6.29 Å². The second kappa shape index (κ2) is 4.74. The number of rotatable bonds is 1. The van der Waals surface area contributed by atoms with Gasteiger partial charge in [-0.15, -0.1) is 0 Å². The Morgan fingerprint density at radius 1 is 1.21 bits per heavy atom. The van der Waals surface area contributed by atoms with Crippen LogP contribution in [0.3, 0.4) is 0 Å². The molecule has 0 saturated carbocycles. The van der Waals surface area contributed by atoms with E-state index < -0.39 is 18.4 Å². The summed E-state index contributed by atoms with van der Waals surface area (Å²) in [6.45, 7) is 0. The van der Waals surface area contributed by atoms with Crippen molar-refractivity contribution in [2.24, 2.45) is 0 Å². The van der Waals surface area contributed by atoms with Gasteiger partial charge in [0.2, 0.25) is 0 Å². The molecule has 4 nitrogen and oxygen atoms in total. The lowest BCUT2D eigenvalue weighted by atomic mass is 10.0. The van der Waals surface area contributed by atoms with E-state index in [1.165, 1.54) is 0 Å². The average molecular weight is 256 g/mol. The van der Waals surface area contributed by atoms with Crippen LogP contribution in [0.4, 0.5) is 0 Å². The summed E-state index contributed by atoms with van der Waals surface area (Å²) in [4.78, 5) is 11.2. The minimum Gasteiger partial charge on any atom is -0.477 e. The van der Waals surface area contributed by atoms with Crippen molar-refractivity contribution in [1.82, 2.24) is 0 Å². The van der Waals surface area contributed by atoms with Gasteiger partial charge in [0.1, 0.15) is 11.9 Å². The van der Waals surface area contributed by atoms with Crippen LogP contribution >= 0.6 is 0 Å². The second-order valence-electron chi connectivity index (χ2n) is 4.27. The fourth-order valence-electron chi connectivity index (χ4n) is 2.06. The highest BCUT2D eigenvalue weighted by Gasteiger charge is 2.28. The molecule has 96 valence electrons. The van der Waals surface area contributed by atoms with Gasteiger partial charge in [-0.3, -0.25) is 0 Å². The number of hydrogen-bond acceptors (Lipinski definition) is 3. The highest BCUT2D eigenvalue weighted by Crippen LogP contribution is 2.29. The molecule has 0 spiro atoms. The van der Waals surface area contributed by atoms with Gasteiger partial charge in [0.05, 0.1) is 0 Å². The molecule has 2 unspecified atom stereocenters. The summed E-state index contributed by atoms with van der Waals surface area (Å²) in [6.07, 6.45) is 7.66. The number of fused-ring (bicyclic) bond motifs is 2. The molecule has 1 aliphatic heterocycles. The number of aliphatic carboxylic acids is 1. The first-order valence-corrected chi connectivity index (χ1v) is 5.94. The number of hydrogen-bond donors (Lipinski definition) is 1. The third kappa shape index (κ3) is 2.30. The van der Waals surface area contributed by atoms with Crippen LogP contribution in [0.15, 0.2) is 54.1 Å². The van der Waals surface area contributed by atoms with Gasteiger partial charge in [-0.2, -0.15) is 0 Å². The maximum Gasteiger partial charge on any atom is 0.373 e. The van der Waals surface area contributed by atoms with E-state index in [2.05, 4.69) is 0 Å². The summed E-state index contributed by atoms with van der Waals surface area (Å²) in [6, 6.07) is 7.30. The van der Waals surface area contributed by atoms with E-state index in [1.807, 2.05) is 36.4 Å². The van der Waals surface area contributed by atoms with E-state index >= 15 is 0 Å². The molecule has 1 aliphatic carbocycles. The van der Waals surface area contributed by atoms with Crippen molar-refractivity contribution in [3.05, 3.63) is 59.7 Å². The molecule has 0 radical (unpaired) electrons. The molecule has 4 heteroatoms. The predicted octanol–water partition coefficient (Wildman–Crippen LogP) is 2.38. The summed E-state index contributed by atoms with van der Waals surface area (Å²) in [5, 5.41) is 9.16. The molecule has 0 fully saturated rings. The standard InChI is InChI=1S/C15H12O4/c16-14(17)15-18-12-7-3-1-5-10(12)9-11-6-2-4-8-13(11)19-15/h1-9,12,15H,(H,16,17)/b10-9-. The zero-order valence-corrected chi connectivity index (χ0v) is 10.0. The summed E-state index contributed by atoms with van der Waals surface area (Å²) < 4.78 is 10.9. The monoisotopic (exact) mass is 256 g/mol. The Morgan fingerprint density at radius 2 is 2.05 bits per heavy atom. The van der Waals surface area contributed by atoms with Crippen LogP contribution in [-0.2, 0) is 9.53 Å². The normalized spacial score (nSPS) is 27.1. The van der Waals surface area contributed by atoms with E-state index in [-0.39, 0.29) is 0 Å². The van der Waals surface area contributed by atoms with E-state index in [4.69, 9.17) is 14.6 Å². The number of carboxylic acid groups (broad SMARTS) is 1. The number of carboxylic acids is 1. The van der Waals surface area contributed by atoms with Crippen molar-refractivity contribution in [1.29, 1.82) is 0 Å². The van der Waals surface area contributed by atoms with Crippen LogP contribution in [-0.4, -0.2) is 23.5 Å². The molecule has 1 aromatic rings. The summed E-state index contributed by atoms with van der Waals surface area (Å²) in [5.74, 6) is -0.636. The van der Waals surface area contributed by atoms with Gasteiger partial charge in [-0.1, -0.05) is 42.5 Å². The van der Waals surface area contributed by atoms with Crippen molar-refractivity contribution in [2.45, 2.75) is 12.4 Å². The Labute approximate surface area is 110 Å². The van der Waals surface area contributed by atoms with Crippen LogP contribution in [0, 0.1) is 0 Å². The van der Waals surface area contributed by atoms with E-state index in [0.717, 1.165) is 11.1 Å². The molecule has 1 aromatic carbocycles. The smallest absolute Gasteiger partial charge is 0.373 e. The number of allylic oxidation sites excluding steroid dienone is 2. The van der Waals surface area contributed by atoms with Gasteiger partial charge in [0, 0.05) is 5.56 Å². The molecular weight excluding hydrogens is 244 g/mol. The molecule has 2 atom stereocenters. The molecule has 0 aromatic heterocycles. The number of para-hydroxylation sites is 1. The molecule has 2 aliphatic rings. The summed E-state index contributed by atoms with van der Waals surface area (Å²) >= 11 is 0. The Bertz CT molecular complexity index is 598. The van der Waals surface area contributed by atoms with Crippen LogP contribution in [0.5, 0.6) is 5.75 Å². The van der Waals surface area contributed by atoms with Crippen molar-refractivity contribution >= 4 is 12.0 Å². The lowest BCUT2D eigenvalue weighted by Crippen LogP contribution is -2.35. The van der Waals surface area contributed by atoms with Gasteiger partial charge < -0.3 is 14.6 Å². The van der Waals surface area contributed by atoms with Crippen LogP contribution in [0.1, 0.15) is 5.56 Å². The molecule has 0 saturated heterocycles. The number of benzene rings is 1. The topological polar surface area (TPSA) is 55.8 Å². The fraction of sp³-hybridized carbons (Fsp3) is 0.133. The van der Waals surface area contributed by atoms with Crippen molar-refractivity contribution < 1.29 is 19.4 Å². The first-order valence-electron chi connectivity index (χ1n) is 5.94. The highest BCUT2D eigenvalue weighted by atomic mass is 16.7. The van der Waals surface area contributed by atoms with E-state index in [9.17, 15) is 4.79 Å². The fourth-order valence-corrected chi connectivity index (χ4v) is 2.06. The van der Waals surface area contributed by atoms with Gasteiger partial charge in [-0.05, 0) is 17.7 Å². The maximum absolute atomic E-state index is 11.2. The highest BCUT2D eigenvalue weighted by molar-refractivity contribution is 5.73. The van der Waals surface area contributed by atoms with Crippen molar-refractivity contribution in [3.63, 3.8) is 0 Å². The SMILES string of the molecule is O=C(O)C1Oc2ccccc2/C=C2/C=CC=CC2O1. The molecule has 1 heterocycles. The Hall–Kier alpha value is -2.33. The van der Waals surface area contributed by atoms with E-state index in [0.29, 0.717) is 5.75 Å². The van der Waals surface area contributed by atoms with E-state index in [1.54, 1.807) is 18.2 Å². The zero-order chi connectivity index (χ0) is 13.2. The first-order chi connectivity index (χ1) is 9.24. The Balaban J connectivity index is 2.09. The molecule has 3 rings (SSSR count). The van der Waals surface area contributed by atoms with Crippen LogP contribution in [0.25, 0.3) is 6.08 Å². The van der Waals surface area contributed by atoms with Crippen molar-refractivity contribution in [2.75, 3.05) is 0 Å². The summed E-state index contributed by atoms with van der Waals surface area (Å²) in [7, 11) is 0. The number of ether oxygens (including phenoxy) is 2. The van der Waals surface area contributed by atoms with Gasteiger partial charge in [-0.25, -0.2) is 4.79 Å². The third-order valence-electron chi connectivity index (χ3n) is 2.96. The van der Waals surface area contributed by atoms with Gasteiger partial charge in [0.15, 0.2) is 0 Å². The number of carbonyl (C=O) groups is 1. The molecule has 0 bridgehead atoms. The second-order valence-corrected chi connectivity index (χ2v) is 4.27. The maximum atomic E-state index is 11.2. The average Bonchev–Trinajstić information content (AvgIpc) is 2.38. The molecular formula is C15H12O4. The predicted molar refractivity (Wildman–Crippen MR) is 69.6 cm³/mol. The first kappa shape index (κ1) is 11.7. The summed E-state index contributed by atoms with van der Waals surface area (Å²) in [5.41, 5.74) is 1.75. The minimum atomic E-state index is -1.31. The molecule has 19 heavy (non-hydrogen) atoms. The third-order valence-corrected chi connectivity index (χ3v) is 2.96. The van der Waals surface area contributed by atoms with Crippen molar-refractivity contribution in [3.8, 4) is 5.75 Å². The van der Waals surface area contributed by atoms with Crippen LogP contribution in [0.2, 0.25) is 0 Å². The Kier molecular flexibility index (Phi) is 2.93.